The second-order valence-electron chi connectivity index (χ2n) is 8.23. The summed E-state index contributed by atoms with van der Waals surface area (Å²) in [6, 6.07) is 7.03. The number of sulfone groups is 1. The summed E-state index contributed by atoms with van der Waals surface area (Å²) in [4.78, 5) is 0.0738. The Morgan fingerprint density at radius 2 is 1.90 bits per heavy atom. The average molecular weight is 472 g/mol. The topological polar surface area (TPSA) is 116 Å². The first-order valence-corrected chi connectivity index (χ1v) is 14.9. The van der Waals surface area contributed by atoms with Crippen LogP contribution in [0.25, 0.3) is 0 Å². The van der Waals surface area contributed by atoms with Gasteiger partial charge in [0.05, 0.1) is 27.7 Å². The normalized spacial score (nSPS) is 24.0. The highest BCUT2D eigenvalue weighted by Crippen LogP contribution is 2.33. The molecule has 1 aliphatic carbocycles. The Hall–Kier alpha value is -1.28. The standard InChI is InChI=1S/C20H29N3O4S3/c1-28-14-16-10-18(11-16)23-20-3-2-19(12-17(20)13-21)30(26,27)22-7-4-15-5-8-29(24,25)9-6-15/h2-3,12,15-16,18,22-23H,4-11,14H2,1H3. The van der Waals surface area contributed by atoms with E-state index in [9.17, 15) is 22.1 Å². The van der Waals surface area contributed by atoms with Crippen molar-refractivity contribution in [1.29, 1.82) is 5.26 Å². The van der Waals surface area contributed by atoms with Gasteiger partial charge in [-0.2, -0.15) is 17.0 Å². The van der Waals surface area contributed by atoms with E-state index in [1.54, 1.807) is 6.07 Å². The van der Waals surface area contributed by atoms with Crippen LogP contribution in [-0.4, -0.2) is 52.9 Å². The molecule has 2 N–H and O–H groups in total. The molecule has 1 aromatic carbocycles. The number of benzene rings is 1. The average Bonchev–Trinajstić information content (AvgIpc) is 2.67. The molecule has 1 heterocycles. The van der Waals surface area contributed by atoms with Crippen molar-refractivity contribution in [3.8, 4) is 6.07 Å². The van der Waals surface area contributed by atoms with E-state index in [0.717, 1.165) is 18.6 Å². The monoisotopic (exact) mass is 471 g/mol. The van der Waals surface area contributed by atoms with Gasteiger partial charge in [-0.25, -0.2) is 21.6 Å². The molecule has 0 atom stereocenters. The number of hydrogen-bond acceptors (Lipinski definition) is 7. The molecule has 0 aromatic heterocycles. The van der Waals surface area contributed by atoms with Crippen LogP contribution in [0.2, 0.25) is 0 Å². The van der Waals surface area contributed by atoms with Crippen LogP contribution >= 0.6 is 11.8 Å². The van der Waals surface area contributed by atoms with E-state index < -0.39 is 19.9 Å². The van der Waals surface area contributed by atoms with Crippen molar-refractivity contribution >= 4 is 37.3 Å². The van der Waals surface area contributed by atoms with Gasteiger partial charge in [0.2, 0.25) is 10.0 Å². The van der Waals surface area contributed by atoms with E-state index in [1.807, 2.05) is 11.8 Å². The molecule has 3 rings (SSSR count). The Kier molecular flexibility index (Phi) is 7.71. The first-order chi connectivity index (χ1) is 14.2. The van der Waals surface area contributed by atoms with Crippen molar-refractivity contribution in [3.05, 3.63) is 23.8 Å². The molecule has 1 aromatic rings. The molecular weight excluding hydrogens is 442 g/mol. The Bertz CT molecular complexity index is 983. The quantitative estimate of drug-likeness (QED) is 0.569. The summed E-state index contributed by atoms with van der Waals surface area (Å²) in [7, 11) is -6.63. The van der Waals surface area contributed by atoms with Crippen LogP contribution in [0.15, 0.2) is 23.1 Å². The lowest BCUT2D eigenvalue weighted by molar-refractivity contribution is 0.315. The number of thioether (sulfide) groups is 1. The number of nitrogens with one attached hydrogen (secondary N) is 2. The fraction of sp³-hybridized carbons (Fsp3) is 0.650. The molecule has 166 valence electrons. The fourth-order valence-corrected chi connectivity index (χ4v) is 7.47. The largest absolute Gasteiger partial charge is 0.381 e. The molecule has 0 unspecified atom stereocenters. The Labute approximate surface area is 184 Å². The molecule has 0 spiro atoms. The first kappa shape index (κ1) is 23.4. The number of nitriles is 1. The molecule has 0 amide bonds. The minimum absolute atomic E-state index is 0.0738. The van der Waals surface area contributed by atoms with Crippen LogP contribution in [0, 0.1) is 23.2 Å². The van der Waals surface area contributed by atoms with E-state index in [-0.39, 0.29) is 28.9 Å². The van der Waals surface area contributed by atoms with Crippen LogP contribution < -0.4 is 10.0 Å². The van der Waals surface area contributed by atoms with Gasteiger partial charge in [0.25, 0.3) is 0 Å². The molecule has 0 radical (unpaired) electrons. The van der Waals surface area contributed by atoms with E-state index in [2.05, 4.69) is 22.4 Å². The van der Waals surface area contributed by atoms with Gasteiger partial charge in [0, 0.05) is 12.6 Å². The number of anilines is 1. The van der Waals surface area contributed by atoms with Crippen molar-refractivity contribution in [2.45, 2.75) is 43.0 Å². The fourth-order valence-electron chi connectivity index (χ4n) is 4.06. The van der Waals surface area contributed by atoms with Crippen LogP contribution in [0.5, 0.6) is 0 Å². The summed E-state index contributed by atoms with van der Waals surface area (Å²) < 4.78 is 50.8. The van der Waals surface area contributed by atoms with Crippen LogP contribution in [0.1, 0.15) is 37.7 Å². The van der Waals surface area contributed by atoms with Crippen LogP contribution in [0.4, 0.5) is 5.69 Å². The third-order valence-corrected chi connectivity index (χ3v) is 9.92. The Balaban J connectivity index is 1.55. The minimum atomic E-state index is -3.72. The molecular formula is C20H29N3O4S3. The third kappa shape index (κ3) is 6.13. The summed E-state index contributed by atoms with van der Waals surface area (Å²) in [5, 5.41) is 12.8. The maximum absolute atomic E-state index is 12.6. The molecule has 30 heavy (non-hydrogen) atoms. The van der Waals surface area contributed by atoms with Gasteiger partial charge in [0.15, 0.2) is 0 Å². The second-order valence-corrected chi connectivity index (χ2v) is 13.2. The predicted octanol–water partition coefficient (Wildman–Crippen LogP) is 2.60. The van der Waals surface area contributed by atoms with Gasteiger partial charge in [-0.1, -0.05) is 0 Å². The van der Waals surface area contributed by atoms with Crippen molar-refractivity contribution < 1.29 is 16.8 Å². The molecule has 2 aliphatic rings. The SMILES string of the molecule is CSCC1CC(Nc2ccc(S(=O)(=O)NCCC3CCS(=O)(=O)CC3)cc2C#N)C1. The highest BCUT2D eigenvalue weighted by atomic mass is 32.2. The Morgan fingerprint density at radius 3 is 2.53 bits per heavy atom. The van der Waals surface area contributed by atoms with Crippen molar-refractivity contribution in [1.82, 2.24) is 4.72 Å². The molecule has 10 heteroatoms. The van der Waals surface area contributed by atoms with E-state index in [0.29, 0.717) is 42.5 Å². The highest BCUT2D eigenvalue weighted by Gasteiger charge is 2.29. The molecule has 1 aliphatic heterocycles. The second kappa shape index (κ2) is 9.90. The first-order valence-electron chi connectivity index (χ1n) is 10.2. The molecule has 7 nitrogen and oxygen atoms in total. The van der Waals surface area contributed by atoms with Gasteiger partial charge in [-0.15, -0.1) is 0 Å². The summed E-state index contributed by atoms with van der Waals surface area (Å²) >= 11 is 1.84. The summed E-state index contributed by atoms with van der Waals surface area (Å²) in [5.41, 5.74) is 0.996. The third-order valence-electron chi connectivity index (χ3n) is 5.94. The zero-order chi connectivity index (χ0) is 21.8. The Morgan fingerprint density at radius 1 is 1.20 bits per heavy atom. The summed E-state index contributed by atoms with van der Waals surface area (Å²) in [6.45, 7) is 0.258. The van der Waals surface area contributed by atoms with Crippen molar-refractivity contribution in [2.24, 2.45) is 11.8 Å². The molecule has 1 saturated heterocycles. The lowest BCUT2D eigenvalue weighted by Gasteiger charge is -2.36. The number of sulfonamides is 1. The minimum Gasteiger partial charge on any atom is -0.381 e. The van der Waals surface area contributed by atoms with Gasteiger partial charge in [-0.05, 0) is 74.1 Å². The zero-order valence-corrected chi connectivity index (χ0v) is 19.6. The van der Waals surface area contributed by atoms with Crippen molar-refractivity contribution in [3.63, 3.8) is 0 Å². The van der Waals surface area contributed by atoms with Crippen LogP contribution in [-0.2, 0) is 19.9 Å². The summed E-state index contributed by atoms with van der Waals surface area (Å²) in [6.07, 6.45) is 6.01. The molecule has 2 fully saturated rings. The lowest BCUT2D eigenvalue weighted by atomic mass is 9.81. The zero-order valence-electron chi connectivity index (χ0n) is 17.1. The predicted molar refractivity (Wildman–Crippen MR) is 121 cm³/mol. The van der Waals surface area contributed by atoms with Crippen molar-refractivity contribution in [2.75, 3.05) is 35.4 Å². The number of nitrogens with zero attached hydrogens (tertiary/aromatic N) is 1. The number of hydrogen-bond donors (Lipinski definition) is 2. The number of rotatable bonds is 9. The smallest absolute Gasteiger partial charge is 0.240 e. The van der Waals surface area contributed by atoms with Gasteiger partial charge >= 0.3 is 0 Å². The maximum atomic E-state index is 12.6. The molecule has 1 saturated carbocycles. The summed E-state index contributed by atoms with van der Waals surface area (Å²) in [5.74, 6) is 2.43. The van der Waals surface area contributed by atoms with E-state index in [1.165, 1.54) is 12.1 Å². The van der Waals surface area contributed by atoms with E-state index >= 15 is 0 Å². The van der Waals surface area contributed by atoms with Gasteiger partial charge in [-0.3, -0.25) is 0 Å². The van der Waals surface area contributed by atoms with Gasteiger partial charge in [0.1, 0.15) is 15.9 Å². The maximum Gasteiger partial charge on any atom is 0.240 e. The highest BCUT2D eigenvalue weighted by molar-refractivity contribution is 7.98. The van der Waals surface area contributed by atoms with Crippen LogP contribution in [0.3, 0.4) is 0 Å². The van der Waals surface area contributed by atoms with Gasteiger partial charge < -0.3 is 5.32 Å². The molecule has 0 bridgehead atoms. The van der Waals surface area contributed by atoms with E-state index in [4.69, 9.17) is 0 Å². The lowest BCUT2D eigenvalue weighted by Crippen LogP contribution is -2.36.